The highest BCUT2D eigenvalue weighted by atomic mass is 16.3. The van der Waals surface area contributed by atoms with Crippen molar-refractivity contribution in [1.82, 2.24) is 0 Å². The molecule has 1 N–H and O–H groups in total. The molecule has 0 fully saturated rings. The number of aliphatic hydroxyl groups is 1. The molecule has 0 spiro atoms. The molecule has 0 aliphatic heterocycles. The monoisotopic (exact) mass is 172 g/mol. The third-order valence-corrected chi connectivity index (χ3v) is 2.82. The molecule has 0 aliphatic rings. The highest BCUT2D eigenvalue weighted by Gasteiger charge is 2.18. The first-order valence-corrected chi connectivity index (χ1v) is 5.31. The minimum atomic E-state index is -0.0958. The van der Waals surface area contributed by atoms with Crippen LogP contribution >= 0.6 is 0 Å². The van der Waals surface area contributed by atoms with Gasteiger partial charge in [0, 0.05) is 0 Å². The maximum atomic E-state index is 9.81. The first kappa shape index (κ1) is 12.0. The van der Waals surface area contributed by atoms with Gasteiger partial charge in [-0.15, -0.1) is 0 Å². The second-order valence-electron chi connectivity index (χ2n) is 4.00. The number of hydrogen-bond donors (Lipinski definition) is 1. The zero-order valence-corrected chi connectivity index (χ0v) is 9.01. The molecule has 74 valence electrons. The normalized spacial score (nSPS) is 18.8. The molecule has 0 bridgehead atoms. The van der Waals surface area contributed by atoms with Crippen LogP contribution in [0.15, 0.2) is 0 Å². The molecule has 0 heterocycles. The summed E-state index contributed by atoms with van der Waals surface area (Å²) in [6.45, 7) is 8.63. The van der Waals surface area contributed by atoms with E-state index in [1.165, 1.54) is 19.3 Å². The molecular weight excluding hydrogens is 148 g/mol. The van der Waals surface area contributed by atoms with E-state index in [9.17, 15) is 5.11 Å². The molecular formula is C11H24O. The predicted octanol–water partition coefficient (Wildman–Crippen LogP) is 3.22. The van der Waals surface area contributed by atoms with Gasteiger partial charge in [0.1, 0.15) is 0 Å². The first-order chi connectivity index (χ1) is 5.63. The molecule has 1 nitrogen and oxygen atoms in total. The van der Waals surface area contributed by atoms with Gasteiger partial charge in [0.25, 0.3) is 0 Å². The van der Waals surface area contributed by atoms with E-state index in [2.05, 4.69) is 27.7 Å². The van der Waals surface area contributed by atoms with Crippen molar-refractivity contribution in [2.24, 2.45) is 11.8 Å². The van der Waals surface area contributed by atoms with Gasteiger partial charge in [-0.2, -0.15) is 0 Å². The molecule has 1 heteroatoms. The van der Waals surface area contributed by atoms with Gasteiger partial charge in [0.15, 0.2) is 0 Å². The molecule has 0 saturated carbocycles. The molecule has 0 aliphatic carbocycles. The van der Waals surface area contributed by atoms with Crippen LogP contribution in [0.1, 0.15) is 53.4 Å². The molecule has 0 aromatic carbocycles. The Morgan fingerprint density at radius 3 is 2.08 bits per heavy atom. The Morgan fingerprint density at radius 2 is 1.67 bits per heavy atom. The van der Waals surface area contributed by atoms with E-state index in [0.29, 0.717) is 11.8 Å². The summed E-state index contributed by atoms with van der Waals surface area (Å²) >= 11 is 0. The Hall–Kier alpha value is -0.0400. The van der Waals surface area contributed by atoms with Gasteiger partial charge >= 0.3 is 0 Å². The Balaban J connectivity index is 3.67. The van der Waals surface area contributed by atoms with Crippen LogP contribution in [-0.4, -0.2) is 11.2 Å². The molecule has 0 saturated heterocycles. The Bertz CT molecular complexity index is 101. The molecule has 12 heavy (non-hydrogen) atoms. The van der Waals surface area contributed by atoms with Crippen molar-refractivity contribution in [3.05, 3.63) is 0 Å². The second kappa shape index (κ2) is 6.47. The third-order valence-electron chi connectivity index (χ3n) is 2.82. The SMILES string of the molecule is CCCCC(C)C(O)C(C)CC. The highest BCUT2D eigenvalue weighted by Crippen LogP contribution is 2.20. The van der Waals surface area contributed by atoms with Crippen LogP contribution < -0.4 is 0 Å². The summed E-state index contributed by atoms with van der Waals surface area (Å²) < 4.78 is 0. The van der Waals surface area contributed by atoms with Gasteiger partial charge in [0.2, 0.25) is 0 Å². The lowest BCUT2D eigenvalue weighted by molar-refractivity contribution is 0.0586. The summed E-state index contributed by atoms with van der Waals surface area (Å²) in [6, 6.07) is 0. The van der Waals surface area contributed by atoms with E-state index in [1.54, 1.807) is 0 Å². The van der Waals surface area contributed by atoms with E-state index in [4.69, 9.17) is 0 Å². The van der Waals surface area contributed by atoms with Crippen LogP contribution in [0.25, 0.3) is 0 Å². The maximum Gasteiger partial charge on any atom is 0.0591 e. The van der Waals surface area contributed by atoms with Crippen molar-refractivity contribution in [1.29, 1.82) is 0 Å². The fourth-order valence-corrected chi connectivity index (χ4v) is 1.50. The molecule has 0 amide bonds. The van der Waals surface area contributed by atoms with Crippen molar-refractivity contribution in [2.75, 3.05) is 0 Å². The fraction of sp³-hybridized carbons (Fsp3) is 1.00. The van der Waals surface area contributed by atoms with E-state index < -0.39 is 0 Å². The second-order valence-corrected chi connectivity index (χ2v) is 4.00. The quantitative estimate of drug-likeness (QED) is 0.652. The summed E-state index contributed by atoms with van der Waals surface area (Å²) in [6.07, 6.45) is 4.63. The van der Waals surface area contributed by atoms with Gasteiger partial charge in [-0.3, -0.25) is 0 Å². The van der Waals surface area contributed by atoms with Crippen LogP contribution in [0.3, 0.4) is 0 Å². The number of aliphatic hydroxyl groups excluding tert-OH is 1. The molecule has 0 aromatic rings. The van der Waals surface area contributed by atoms with Crippen molar-refractivity contribution in [3.63, 3.8) is 0 Å². The predicted molar refractivity (Wildman–Crippen MR) is 54.2 cm³/mol. The Morgan fingerprint density at radius 1 is 1.08 bits per heavy atom. The highest BCUT2D eigenvalue weighted by molar-refractivity contribution is 4.69. The molecule has 3 unspecified atom stereocenters. The topological polar surface area (TPSA) is 20.2 Å². The van der Waals surface area contributed by atoms with E-state index in [0.717, 1.165) is 6.42 Å². The summed E-state index contributed by atoms with van der Waals surface area (Å²) in [5, 5.41) is 9.81. The lowest BCUT2D eigenvalue weighted by Gasteiger charge is -2.23. The molecule has 0 radical (unpaired) electrons. The average Bonchev–Trinajstić information content (AvgIpc) is 2.11. The zero-order chi connectivity index (χ0) is 9.56. The molecule has 0 aromatic heterocycles. The number of rotatable bonds is 6. The summed E-state index contributed by atoms with van der Waals surface area (Å²) in [5.41, 5.74) is 0. The largest absolute Gasteiger partial charge is 0.393 e. The number of unbranched alkanes of at least 4 members (excludes halogenated alkanes) is 1. The van der Waals surface area contributed by atoms with Gasteiger partial charge in [0.05, 0.1) is 6.10 Å². The summed E-state index contributed by atoms with van der Waals surface area (Å²) in [4.78, 5) is 0. The van der Waals surface area contributed by atoms with Crippen LogP contribution in [0.5, 0.6) is 0 Å². The molecule has 3 atom stereocenters. The zero-order valence-electron chi connectivity index (χ0n) is 9.01. The van der Waals surface area contributed by atoms with Crippen molar-refractivity contribution >= 4 is 0 Å². The first-order valence-electron chi connectivity index (χ1n) is 5.31. The van der Waals surface area contributed by atoms with Gasteiger partial charge in [-0.05, 0) is 18.3 Å². The van der Waals surface area contributed by atoms with Crippen LogP contribution in [0.4, 0.5) is 0 Å². The smallest absolute Gasteiger partial charge is 0.0591 e. The van der Waals surface area contributed by atoms with E-state index in [1.807, 2.05) is 0 Å². The van der Waals surface area contributed by atoms with Crippen LogP contribution in [0, 0.1) is 11.8 Å². The summed E-state index contributed by atoms with van der Waals surface area (Å²) in [7, 11) is 0. The lowest BCUT2D eigenvalue weighted by Crippen LogP contribution is -2.25. The third kappa shape index (κ3) is 4.10. The van der Waals surface area contributed by atoms with E-state index in [-0.39, 0.29) is 6.10 Å². The Kier molecular flexibility index (Phi) is 6.45. The number of hydrogen-bond acceptors (Lipinski definition) is 1. The van der Waals surface area contributed by atoms with Gasteiger partial charge in [-0.25, -0.2) is 0 Å². The van der Waals surface area contributed by atoms with E-state index >= 15 is 0 Å². The molecule has 0 rings (SSSR count). The maximum absolute atomic E-state index is 9.81. The van der Waals surface area contributed by atoms with Crippen molar-refractivity contribution in [3.8, 4) is 0 Å². The van der Waals surface area contributed by atoms with Gasteiger partial charge < -0.3 is 5.11 Å². The van der Waals surface area contributed by atoms with Crippen molar-refractivity contribution < 1.29 is 5.11 Å². The van der Waals surface area contributed by atoms with Crippen molar-refractivity contribution in [2.45, 2.75) is 59.5 Å². The standard InChI is InChI=1S/C11H24O/c1-5-7-8-10(4)11(12)9(3)6-2/h9-12H,5-8H2,1-4H3. The summed E-state index contributed by atoms with van der Waals surface area (Å²) in [5.74, 6) is 0.928. The fourth-order valence-electron chi connectivity index (χ4n) is 1.50. The average molecular weight is 172 g/mol. The Labute approximate surface area is 77.2 Å². The van der Waals surface area contributed by atoms with Gasteiger partial charge in [-0.1, -0.05) is 47.0 Å². The minimum Gasteiger partial charge on any atom is -0.393 e. The van der Waals surface area contributed by atoms with Crippen LogP contribution in [-0.2, 0) is 0 Å². The minimum absolute atomic E-state index is 0.0958. The lowest BCUT2D eigenvalue weighted by atomic mass is 9.88. The van der Waals surface area contributed by atoms with Crippen LogP contribution in [0.2, 0.25) is 0 Å².